The highest BCUT2D eigenvalue weighted by Gasteiger charge is 2.33. The fourth-order valence-corrected chi connectivity index (χ4v) is 5.92. The van der Waals surface area contributed by atoms with Gasteiger partial charge < -0.3 is 14.0 Å². The normalized spacial score (nSPS) is 20.2. The van der Waals surface area contributed by atoms with Crippen molar-refractivity contribution >= 4 is 10.0 Å². The Morgan fingerprint density at radius 2 is 1.87 bits per heavy atom. The van der Waals surface area contributed by atoms with Gasteiger partial charge in [0.25, 0.3) is 0 Å². The van der Waals surface area contributed by atoms with Crippen LogP contribution in [0.3, 0.4) is 0 Å². The fraction of sp³-hybridized carbons (Fsp3) is 0.636. The molecule has 9 heteroatoms. The first-order chi connectivity index (χ1) is 15.1. The third-order valence-electron chi connectivity index (χ3n) is 6.05. The number of hydrogen-bond acceptors (Lipinski definition) is 6. The number of nitrogens with zero attached hydrogens (tertiary/aromatic N) is 4. The number of rotatable bonds is 8. The highest BCUT2D eigenvalue weighted by molar-refractivity contribution is 7.89. The van der Waals surface area contributed by atoms with E-state index in [1.807, 2.05) is 6.92 Å². The zero-order chi connectivity index (χ0) is 21.7. The van der Waals surface area contributed by atoms with Gasteiger partial charge >= 0.3 is 0 Å². The lowest BCUT2D eigenvalue weighted by Gasteiger charge is -2.31. The van der Waals surface area contributed by atoms with Gasteiger partial charge in [0.05, 0.1) is 11.5 Å². The van der Waals surface area contributed by atoms with Crippen LogP contribution in [0, 0.1) is 0 Å². The molecule has 31 heavy (non-hydrogen) atoms. The molecular weight excluding hydrogens is 416 g/mol. The number of sulfonamides is 1. The molecule has 1 atom stereocenters. The Morgan fingerprint density at radius 3 is 2.68 bits per heavy atom. The third kappa shape index (κ3) is 5.10. The van der Waals surface area contributed by atoms with Gasteiger partial charge in [-0.25, -0.2) is 8.42 Å². The van der Waals surface area contributed by atoms with Crippen LogP contribution in [-0.2, 0) is 27.7 Å². The lowest BCUT2D eigenvalue weighted by molar-refractivity contribution is 0.110. The average molecular weight is 449 g/mol. The quantitative estimate of drug-likeness (QED) is 0.577. The van der Waals surface area contributed by atoms with Crippen molar-refractivity contribution in [3.63, 3.8) is 0 Å². The molecule has 1 fully saturated rings. The minimum Gasteiger partial charge on any atom is -0.491 e. The minimum absolute atomic E-state index is 0.0871. The van der Waals surface area contributed by atoms with Gasteiger partial charge in [-0.15, -0.1) is 10.2 Å². The highest BCUT2D eigenvalue weighted by Crippen LogP contribution is 2.31. The van der Waals surface area contributed by atoms with E-state index in [9.17, 15) is 8.42 Å². The first-order valence-electron chi connectivity index (χ1n) is 11.3. The second-order valence-corrected chi connectivity index (χ2v) is 10.1. The van der Waals surface area contributed by atoms with Gasteiger partial charge in [0.15, 0.2) is 0 Å². The van der Waals surface area contributed by atoms with Gasteiger partial charge in [-0.2, -0.15) is 4.31 Å². The molecule has 0 spiro atoms. The summed E-state index contributed by atoms with van der Waals surface area (Å²) >= 11 is 0. The second kappa shape index (κ2) is 10.1. The Hall–Kier alpha value is -1.97. The summed E-state index contributed by atoms with van der Waals surface area (Å²) < 4.78 is 41.3. The Labute approximate surface area is 184 Å². The molecule has 170 valence electrons. The summed E-state index contributed by atoms with van der Waals surface area (Å²) in [7, 11) is -3.56. The molecule has 0 N–H and O–H groups in total. The maximum absolute atomic E-state index is 13.3. The molecule has 0 saturated carbocycles. The van der Waals surface area contributed by atoms with Crippen molar-refractivity contribution in [3.8, 4) is 5.75 Å². The van der Waals surface area contributed by atoms with Crippen molar-refractivity contribution in [1.29, 1.82) is 0 Å². The minimum atomic E-state index is -3.56. The Morgan fingerprint density at radius 1 is 1.03 bits per heavy atom. The van der Waals surface area contributed by atoms with Crippen LogP contribution in [-0.4, -0.2) is 60.4 Å². The van der Waals surface area contributed by atoms with Crippen molar-refractivity contribution in [2.24, 2.45) is 0 Å². The van der Waals surface area contributed by atoms with Gasteiger partial charge in [-0.3, -0.25) is 0 Å². The largest absolute Gasteiger partial charge is 0.491 e. The molecule has 0 aliphatic carbocycles. The van der Waals surface area contributed by atoms with Crippen molar-refractivity contribution in [2.45, 2.75) is 62.8 Å². The number of fused-ring (bicyclic) bond motifs is 1. The molecule has 2 aromatic rings. The van der Waals surface area contributed by atoms with Crippen LogP contribution in [0.1, 0.15) is 56.6 Å². The molecule has 0 amide bonds. The van der Waals surface area contributed by atoms with Crippen LogP contribution < -0.4 is 4.74 Å². The first-order valence-corrected chi connectivity index (χ1v) is 12.8. The Balaban J connectivity index is 1.44. The first kappa shape index (κ1) is 22.2. The number of ether oxygens (including phenoxy) is 2. The Kier molecular flexibility index (Phi) is 7.24. The van der Waals surface area contributed by atoms with E-state index in [2.05, 4.69) is 14.8 Å². The maximum atomic E-state index is 13.3. The predicted octanol–water partition coefficient (Wildman–Crippen LogP) is 2.99. The number of piperidine rings is 1. The summed E-state index contributed by atoms with van der Waals surface area (Å²) in [6.45, 7) is 5.46. The summed E-state index contributed by atoms with van der Waals surface area (Å²) in [5.41, 5.74) is 0. The summed E-state index contributed by atoms with van der Waals surface area (Å²) in [4.78, 5) is 0.297. The van der Waals surface area contributed by atoms with E-state index in [1.165, 1.54) is 6.42 Å². The molecule has 2 aliphatic heterocycles. The average Bonchev–Trinajstić information content (AvgIpc) is 3.05. The molecule has 1 aromatic heterocycles. The highest BCUT2D eigenvalue weighted by atomic mass is 32.2. The molecule has 8 nitrogen and oxygen atoms in total. The van der Waals surface area contributed by atoms with Gasteiger partial charge in [0.2, 0.25) is 10.0 Å². The third-order valence-corrected chi connectivity index (χ3v) is 7.93. The van der Waals surface area contributed by atoms with E-state index >= 15 is 0 Å². The fourth-order valence-electron chi connectivity index (χ4n) is 4.40. The van der Waals surface area contributed by atoms with Crippen LogP contribution in [0.25, 0.3) is 0 Å². The van der Waals surface area contributed by atoms with E-state index in [0.717, 1.165) is 50.3 Å². The maximum Gasteiger partial charge on any atom is 0.243 e. The van der Waals surface area contributed by atoms with E-state index in [1.54, 1.807) is 28.6 Å². The van der Waals surface area contributed by atoms with Gasteiger partial charge in [0.1, 0.15) is 24.0 Å². The van der Waals surface area contributed by atoms with Gasteiger partial charge in [-0.05, 0) is 56.9 Å². The summed E-state index contributed by atoms with van der Waals surface area (Å²) in [5.74, 6) is 2.73. The molecule has 4 rings (SSSR count). The lowest BCUT2D eigenvalue weighted by Crippen LogP contribution is -2.39. The smallest absolute Gasteiger partial charge is 0.243 e. The van der Waals surface area contributed by atoms with Gasteiger partial charge in [-0.1, -0.05) is 6.42 Å². The van der Waals surface area contributed by atoms with Crippen molar-refractivity contribution in [2.75, 3.05) is 32.9 Å². The van der Waals surface area contributed by atoms with E-state index < -0.39 is 10.0 Å². The van der Waals surface area contributed by atoms with Crippen LogP contribution in [0.2, 0.25) is 0 Å². The van der Waals surface area contributed by atoms with Crippen LogP contribution in [0.5, 0.6) is 5.75 Å². The summed E-state index contributed by atoms with van der Waals surface area (Å²) in [6.07, 6.45) is 6.21. The van der Waals surface area contributed by atoms with Crippen molar-refractivity contribution in [1.82, 2.24) is 19.1 Å². The second-order valence-electron chi connectivity index (χ2n) is 8.16. The molecule has 3 heterocycles. The number of benzene rings is 1. The molecule has 2 aliphatic rings. The van der Waals surface area contributed by atoms with Gasteiger partial charge in [0, 0.05) is 38.6 Å². The van der Waals surface area contributed by atoms with Crippen LogP contribution in [0.4, 0.5) is 0 Å². The lowest BCUT2D eigenvalue weighted by atomic mass is 9.99. The number of hydrogen-bond donors (Lipinski definition) is 0. The predicted molar refractivity (Wildman–Crippen MR) is 117 cm³/mol. The molecule has 1 aromatic carbocycles. The molecule has 0 unspecified atom stereocenters. The van der Waals surface area contributed by atoms with Crippen molar-refractivity contribution < 1.29 is 17.9 Å². The molecular formula is C22H32N4O4S. The van der Waals surface area contributed by atoms with E-state index in [0.29, 0.717) is 43.6 Å². The number of aryl methyl sites for hydroxylation is 1. The zero-order valence-electron chi connectivity index (χ0n) is 18.2. The van der Waals surface area contributed by atoms with Crippen LogP contribution >= 0.6 is 0 Å². The molecule has 1 saturated heterocycles. The summed E-state index contributed by atoms with van der Waals surface area (Å²) in [6, 6.07) is 6.66. The SMILES string of the molecule is CCOCCOc1ccc(S(=O)(=O)N2CCC[C@@H](c3nnc4n3CCCCC4)C2)cc1. The topological polar surface area (TPSA) is 86.6 Å². The zero-order valence-corrected chi connectivity index (χ0v) is 19.0. The van der Waals surface area contributed by atoms with E-state index in [4.69, 9.17) is 9.47 Å². The van der Waals surface area contributed by atoms with Crippen molar-refractivity contribution in [3.05, 3.63) is 35.9 Å². The summed E-state index contributed by atoms with van der Waals surface area (Å²) in [5, 5.41) is 8.88. The Bertz CT molecular complexity index is 958. The molecule has 0 radical (unpaired) electrons. The van der Waals surface area contributed by atoms with Crippen LogP contribution in [0.15, 0.2) is 29.2 Å². The molecule has 0 bridgehead atoms. The standard InChI is InChI=1S/C22H32N4O4S/c1-2-29-15-16-30-19-9-11-20(12-10-19)31(27,28)25-13-6-7-18(17-25)22-24-23-21-8-4-3-5-14-26(21)22/h9-12,18H,2-8,13-17H2,1H3/t18-/m1/s1. The van der Waals surface area contributed by atoms with E-state index in [-0.39, 0.29) is 5.92 Å². The number of aromatic nitrogens is 3. The monoisotopic (exact) mass is 448 g/mol.